The first-order chi connectivity index (χ1) is 12.7. The third kappa shape index (κ3) is 3.60. The Kier molecular flexibility index (Phi) is 4.67. The van der Waals surface area contributed by atoms with Crippen molar-refractivity contribution in [2.24, 2.45) is 0 Å². The van der Waals surface area contributed by atoms with E-state index in [0.717, 1.165) is 42.4 Å². The minimum Gasteiger partial charge on any atom is -0.339 e. The monoisotopic (exact) mass is 350 g/mol. The molecule has 0 saturated carbocycles. The molecule has 0 bridgehead atoms. The van der Waals surface area contributed by atoms with Gasteiger partial charge in [-0.3, -0.25) is 9.69 Å². The molecule has 1 aliphatic rings. The summed E-state index contributed by atoms with van der Waals surface area (Å²) in [7, 11) is 0. The normalized spacial score (nSPS) is 18.1. The summed E-state index contributed by atoms with van der Waals surface area (Å²) >= 11 is 0. The molecule has 1 atom stereocenters. The second-order valence-corrected chi connectivity index (χ2v) is 6.83. The number of aromatic nitrogens is 2. The van der Waals surface area contributed by atoms with Crippen molar-refractivity contribution in [1.82, 2.24) is 15.0 Å². The van der Waals surface area contributed by atoms with Crippen LogP contribution in [0.4, 0.5) is 5.69 Å². The van der Waals surface area contributed by atoms with Gasteiger partial charge in [-0.05, 0) is 37.8 Å². The van der Waals surface area contributed by atoms with Crippen molar-refractivity contribution in [3.63, 3.8) is 0 Å². The molecule has 0 aliphatic carbocycles. The largest absolute Gasteiger partial charge is 0.339 e. The summed E-state index contributed by atoms with van der Waals surface area (Å²) < 4.78 is 5.31. The Morgan fingerprint density at radius 1 is 1.27 bits per heavy atom. The molecular formula is C20H22N4O2. The fraction of sp³-hybridized carbons (Fsp3) is 0.350. The molecule has 6 heteroatoms. The highest BCUT2D eigenvalue weighted by Gasteiger charge is 2.26. The van der Waals surface area contributed by atoms with Crippen molar-refractivity contribution < 1.29 is 9.32 Å². The lowest BCUT2D eigenvalue weighted by Gasteiger charge is -2.30. The molecule has 1 fully saturated rings. The molecule has 134 valence electrons. The Labute approximate surface area is 152 Å². The van der Waals surface area contributed by atoms with Crippen molar-refractivity contribution in [3.05, 3.63) is 54.2 Å². The molecule has 1 aliphatic heterocycles. The van der Waals surface area contributed by atoms with Crippen LogP contribution in [-0.4, -0.2) is 40.6 Å². The molecule has 1 N–H and O–H groups in total. The van der Waals surface area contributed by atoms with Crippen molar-refractivity contribution >= 4 is 22.4 Å². The molecule has 2 aromatic carbocycles. The molecule has 1 saturated heterocycles. The van der Waals surface area contributed by atoms with E-state index in [1.54, 1.807) is 0 Å². The lowest BCUT2D eigenvalue weighted by atomic mass is 9.98. The Balaban J connectivity index is 1.41. The van der Waals surface area contributed by atoms with Gasteiger partial charge in [-0.1, -0.05) is 41.6 Å². The fourth-order valence-electron chi connectivity index (χ4n) is 3.61. The van der Waals surface area contributed by atoms with Crippen LogP contribution in [0.1, 0.15) is 30.5 Å². The van der Waals surface area contributed by atoms with Crippen LogP contribution in [0.15, 0.2) is 47.0 Å². The summed E-state index contributed by atoms with van der Waals surface area (Å²) in [6.07, 6.45) is 2.04. The Hall–Kier alpha value is -2.73. The maximum atomic E-state index is 12.6. The number of anilines is 1. The van der Waals surface area contributed by atoms with Gasteiger partial charge in [0, 0.05) is 17.6 Å². The SMILES string of the molecule is Cc1noc([C@@H]2CCCN(CC(=O)Nc3cccc4ccccc34)C2)n1. The molecule has 26 heavy (non-hydrogen) atoms. The predicted molar refractivity (Wildman–Crippen MR) is 100 cm³/mol. The van der Waals surface area contributed by atoms with Gasteiger partial charge in [0.05, 0.1) is 12.5 Å². The number of carbonyl (C=O) groups excluding carboxylic acids is 1. The molecule has 0 spiro atoms. The Morgan fingerprint density at radius 3 is 2.96 bits per heavy atom. The highest BCUT2D eigenvalue weighted by atomic mass is 16.5. The molecule has 6 nitrogen and oxygen atoms in total. The summed E-state index contributed by atoms with van der Waals surface area (Å²) in [5, 5.41) is 9.11. The van der Waals surface area contributed by atoms with E-state index in [2.05, 4.69) is 20.4 Å². The zero-order valence-corrected chi connectivity index (χ0v) is 14.8. The second kappa shape index (κ2) is 7.25. The van der Waals surface area contributed by atoms with E-state index < -0.39 is 0 Å². The van der Waals surface area contributed by atoms with Gasteiger partial charge in [0.25, 0.3) is 0 Å². The molecule has 0 radical (unpaired) electrons. The summed E-state index contributed by atoms with van der Waals surface area (Å²) in [6, 6.07) is 14.0. The average molecular weight is 350 g/mol. The molecule has 2 heterocycles. The minimum absolute atomic E-state index is 0.00344. The van der Waals surface area contributed by atoms with E-state index in [0.29, 0.717) is 18.3 Å². The van der Waals surface area contributed by atoms with E-state index in [-0.39, 0.29) is 11.8 Å². The van der Waals surface area contributed by atoms with Crippen molar-refractivity contribution in [3.8, 4) is 0 Å². The summed E-state index contributed by atoms with van der Waals surface area (Å²) in [5.41, 5.74) is 0.856. The summed E-state index contributed by atoms with van der Waals surface area (Å²) in [6.45, 7) is 3.87. The van der Waals surface area contributed by atoms with Gasteiger partial charge in [-0.2, -0.15) is 4.98 Å². The van der Waals surface area contributed by atoms with Gasteiger partial charge in [-0.25, -0.2) is 0 Å². The predicted octanol–water partition coefficient (Wildman–Crippen LogP) is 3.35. The first kappa shape index (κ1) is 16.7. The quantitative estimate of drug-likeness (QED) is 0.781. The lowest BCUT2D eigenvalue weighted by Crippen LogP contribution is -2.39. The number of fused-ring (bicyclic) bond motifs is 1. The molecular weight excluding hydrogens is 328 g/mol. The Morgan fingerprint density at radius 2 is 2.12 bits per heavy atom. The molecule has 1 amide bonds. The number of hydrogen-bond acceptors (Lipinski definition) is 5. The van der Waals surface area contributed by atoms with Crippen LogP contribution in [0, 0.1) is 6.92 Å². The van der Waals surface area contributed by atoms with Crippen molar-refractivity contribution in [1.29, 1.82) is 0 Å². The van der Waals surface area contributed by atoms with E-state index in [1.165, 1.54) is 0 Å². The van der Waals surface area contributed by atoms with E-state index >= 15 is 0 Å². The number of hydrogen-bond donors (Lipinski definition) is 1. The molecule has 0 unspecified atom stereocenters. The maximum absolute atomic E-state index is 12.6. The topological polar surface area (TPSA) is 71.3 Å². The molecule has 4 rings (SSSR count). The van der Waals surface area contributed by atoms with Crippen LogP contribution >= 0.6 is 0 Å². The first-order valence-corrected chi connectivity index (χ1v) is 8.99. The van der Waals surface area contributed by atoms with Gasteiger partial charge in [-0.15, -0.1) is 0 Å². The van der Waals surface area contributed by atoms with Gasteiger partial charge >= 0.3 is 0 Å². The minimum atomic E-state index is 0.00344. The average Bonchev–Trinajstić information content (AvgIpc) is 3.09. The number of carbonyl (C=O) groups is 1. The van der Waals surface area contributed by atoms with E-state index in [1.807, 2.05) is 49.4 Å². The maximum Gasteiger partial charge on any atom is 0.238 e. The number of aryl methyl sites for hydroxylation is 1. The van der Waals surface area contributed by atoms with Crippen LogP contribution in [0.3, 0.4) is 0 Å². The second-order valence-electron chi connectivity index (χ2n) is 6.83. The summed E-state index contributed by atoms with van der Waals surface area (Å²) in [5.74, 6) is 1.55. The summed E-state index contributed by atoms with van der Waals surface area (Å²) in [4.78, 5) is 19.1. The van der Waals surface area contributed by atoms with E-state index in [9.17, 15) is 4.79 Å². The van der Waals surface area contributed by atoms with Gasteiger partial charge in [0.2, 0.25) is 11.8 Å². The van der Waals surface area contributed by atoms with Crippen LogP contribution in [-0.2, 0) is 4.79 Å². The highest BCUT2D eigenvalue weighted by Crippen LogP contribution is 2.26. The fourth-order valence-corrected chi connectivity index (χ4v) is 3.61. The zero-order chi connectivity index (χ0) is 17.9. The van der Waals surface area contributed by atoms with Crippen LogP contribution in [0.25, 0.3) is 10.8 Å². The first-order valence-electron chi connectivity index (χ1n) is 8.99. The zero-order valence-electron chi connectivity index (χ0n) is 14.8. The smallest absolute Gasteiger partial charge is 0.238 e. The van der Waals surface area contributed by atoms with Gasteiger partial charge in [0.1, 0.15) is 0 Å². The van der Waals surface area contributed by atoms with Crippen molar-refractivity contribution in [2.75, 3.05) is 25.0 Å². The number of likely N-dealkylation sites (tertiary alicyclic amines) is 1. The highest BCUT2D eigenvalue weighted by molar-refractivity contribution is 6.02. The third-order valence-corrected chi connectivity index (χ3v) is 4.83. The Bertz CT molecular complexity index is 916. The van der Waals surface area contributed by atoms with Crippen molar-refractivity contribution in [2.45, 2.75) is 25.7 Å². The molecule has 3 aromatic rings. The van der Waals surface area contributed by atoms with E-state index in [4.69, 9.17) is 4.52 Å². The number of amides is 1. The standard InChI is InChI=1S/C20H22N4O2/c1-14-21-20(26-23-14)16-8-5-11-24(12-16)13-19(25)22-18-10-4-7-15-6-2-3-9-17(15)18/h2-4,6-7,9-10,16H,5,8,11-13H2,1H3,(H,22,25)/t16-/m1/s1. The lowest BCUT2D eigenvalue weighted by molar-refractivity contribution is -0.117. The van der Waals surface area contributed by atoms with Crippen LogP contribution < -0.4 is 5.32 Å². The number of piperidine rings is 1. The number of rotatable bonds is 4. The number of benzene rings is 2. The number of nitrogens with zero attached hydrogens (tertiary/aromatic N) is 3. The van der Waals surface area contributed by atoms with Gasteiger partial charge in [0.15, 0.2) is 5.82 Å². The number of nitrogens with one attached hydrogen (secondary N) is 1. The van der Waals surface area contributed by atoms with Crippen LogP contribution in [0.2, 0.25) is 0 Å². The third-order valence-electron chi connectivity index (χ3n) is 4.83. The molecule has 1 aromatic heterocycles. The van der Waals surface area contributed by atoms with Crippen LogP contribution in [0.5, 0.6) is 0 Å². The van der Waals surface area contributed by atoms with Gasteiger partial charge < -0.3 is 9.84 Å².